The Morgan fingerprint density at radius 2 is 1.66 bits per heavy atom. The Morgan fingerprint density at radius 3 is 2.37 bits per heavy atom. The van der Waals surface area contributed by atoms with Gasteiger partial charge in [-0.2, -0.15) is 0 Å². The number of ketones is 1. The van der Waals surface area contributed by atoms with Gasteiger partial charge in [-0.25, -0.2) is 4.39 Å². The standard InChI is InChI=1S/C35H47FN2O3/c1-29(2)10-12-34-13-11-33(7)32(6)9-8-23-30(3,4)27(39)21(16-22-20-37-14-15-38-22)18-31(23,5)24(32)17-26(36)35(33,25(34)19-29)41-28(34)40/h14-16,20,23-26H,8-13,17-19H2,1-7H3/b21-16+/t23-,24+,25+,26+,31-,32+,33-,34-,35+/m0/s1. The summed E-state index contributed by atoms with van der Waals surface area (Å²) in [4.78, 5) is 36.4. The molecule has 2 heterocycles. The van der Waals surface area contributed by atoms with Crippen molar-refractivity contribution in [2.45, 2.75) is 118 Å². The van der Waals surface area contributed by atoms with Gasteiger partial charge in [0.1, 0.15) is 6.17 Å². The van der Waals surface area contributed by atoms with Gasteiger partial charge < -0.3 is 4.74 Å². The maximum atomic E-state index is 17.4. The summed E-state index contributed by atoms with van der Waals surface area (Å²) in [6.07, 6.45) is 12.9. The number of esters is 1. The number of alkyl halides is 1. The number of halogens is 1. The molecule has 7 rings (SSSR count). The number of carbonyl (C=O) groups excluding carboxylic acids is 2. The predicted octanol–water partition coefficient (Wildman–Crippen LogP) is 7.55. The summed E-state index contributed by atoms with van der Waals surface area (Å²) >= 11 is 0. The molecule has 0 aromatic carbocycles. The maximum Gasteiger partial charge on any atom is 0.313 e. The molecule has 0 radical (unpaired) electrons. The van der Waals surface area contributed by atoms with Crippen molar-refractivity contribution >= 4 is 17.8 Å². The number of Topliss-reactive ketones (excluding diaryl/α,β-unsaturated/α-hetero) is 1. The molecule has 5 aliphatic carbocycles. The largest absolute Gasteiger partial charge is 0.455 e. The number of nitrogens with zero attached hydrogens (tertiary/aromatic N) is 2. The summed E-state index contributed by atoms with van der Waals surface area (Å²) in [5, 5.41) is 0. The molecule has 1 saturated heterocycles. The summed E-state index contributed by atoms with van der Waals surface area (Å²) < 4.78 is 24.0. The van der Waals surface area contributed by atoms with E-state index in [1.54, 1.807) is 18.6 Å². The zero-order valence-electron chi connectivity index (χ0n) is 26.0. The topological polar surface area (TPSA) is 69.2 Å². The van der Waals surface area contributed by atoms with Crippen LogP contribution in [0.2, 0.25) is 0 Å². The smallest absolute Gasteiger partial charge is 0.313 e. The van der Waals surface area contributed by atoms with Crippen LogP contribution in [0.3, 0.4) is 0 Å². The van der Waals surface area contributed by atoms with Gasteiger partial charge in [-0.3, -0.25) is 19.6 Å². The number of aromatic nitrogens is 2. The second kappa shape index (κ2) is 8.08. The van der Waals surface area contributed by atoms with Crippen LogP contribution in [0.4, 0.5) is 4.39 Å². The number of hydrogen-bond acceptors (Lipinski definition) is 5. The average molecular weight is 563 g/mol. The van der Waals surface area contributed by atoms with Crippen LogP contribution in [-0.4, -0.2) is 33.5 Å². The lowest BCUT2D eigenvalue weighted by Crippen LogP contribution is -2.75. The molecule has 1 aromatic rings. The van der Waals surface area contributed by atoms with E-state index in [1.165, 1.54) is 0 Å². The van der Waals surface area contributed by atoms with Gasteiger partial charge >= 0.3 is 5.97 Å². The summed E-state index contributed by atoms with van der Waals surface area (Å²) in [5.41, 5.74) is -1.55. The number of ether oxygens (including phenoxy) is 1. The number of carbonyl (C=O) groups is 2. The van der Waals surface area contributed by atoms with Crippen LogP contribution in [0.5, 0.6) is 0 Å². The minimum absolute atomic E-state index is 0.0696. The zero-order chi connectivity index (χ0) is 29.4. The fourth-order valence-corrected chi connectivity index (χ4v) is 12.3. The molecular formula is C35H47FN2O3. The minimum Gasteiger partial charge on any atom is -0.455 e. The quantitative estimate of drug-likeness (QED) is 0.261. The lowest BCUT2D eigenvalue weighted by Gasteiger charge is -2.74. The van der Waals surface area contributed by atoms with Crippen molar-refractivity contribution in [2.75, 3.05) is 0 Å². The molecule has 1 aromatic heterocycles. The molecule has 1 aliphatic heterocycles. The monoisotopic (exact) mass is 562 g/mol. The lowest BCUT2D eigenvalue weighted by molar-refractivity contribution is -0.299. The molecule has 6 fully saturated rings. The molecule has 41 heavy (non-hydrogen) atoms. The van der Waals surface area contributed by atoms with Crippen molar-refractivity contribution < 1.29 is 18.7 Å². The molecule has 0 N–H and O–H groups in total. The van der Waals surface area contributed by atoms with Gasteiger partial charge in [0.15, 0.2) is 11.4 Å². The first kappa shape index (κ1) is 27.7. The van der Waals surface area contributed by atoms with E-state index in [0.29, 0.717) is 18.5 Å². The van der Waals surface area contributed by atoms with Crippen LogP contribution >= 0.6 is 0 Å². The molecule has 9 atom stereocenters. The Kier molecular flexibility index (Phi) is 5.46. The van der Waals surface area contributed by atoms with Gasteiger partial charge in [0.2, 0.25) is 0 Å². The molecule has 0 unspecified atom stereocenters. The van der Waals surface area contributed by atoms with E-state index in [1.807, 2.05) is 6.08 Å². The van der Waals surface area contributed by atoms with Crippen LogP contribution in [0.1, 0.15) is 112 Å². The second-order valence-corrected chi connectivity index (χ2v) is 16.9. The Balaban J connectivity index is 1.35. The van der Waals surface area contributed by atoms with Gasteiger partial charge in [-0.15, -0.1) is 0 Å². The highest BCUT2D eigenvalue weighted by molar-refractivity contribution is 6.04. The highest BCUT2D eigenvalue weighted by Gasteiger charge is 2.83. The maximum absolute atomic E-state index is 17.4. The van der Waals surface area contributed by atoms with Gasteiger partial charge in [0.05, 0.1) is 17.3 Å². The van der Waals surface area contributed by atoms with E-state index in [0.717, 1.165) is 50.5 Å². The van der Waals surface area contributed by atoms with Gasteiger partial charge in [0, 0.05) is 29.1 Å². The lowest BCUT2D eigenvalue weighted by atomic mass is 9.30. The number of fused-ring (bicyclic) bond motifs is 4. The summed E-state index contributed by atoms with van der Waals surface area (Å²) in [6.45, 7) is 15.8. The third kappa shape index (κ3) is 3.13. The minimum atomic E-state index is -1.21. The van der Waals surface area contributed by atoms with Gasteiger partial charge in [0.25, 0.3) is 0 Å². The molecule has 6 aliphatic rings. The third-order valence-corrected chi connectivity index (χ3v) is 14.5. The van der Waals surface area contributed by atoms with Crippen LogP contribution in [0.25, 0.3) is 6.08 Å². The van der Waals surface area contributed by atoms with Crippen LogP contribution in [0, 0.1) is 50.2 Å². The Morgan fingerprint density at radius 1 is 0.927 bits per heavy atom. The summed E-state index contributed by atoms with van der Waals surface area (Å²) in [6, 6.07) is 0. The van der Waals surface area contributed by atoms with E-state index in [-0.39, 0.29) is 45.8 Å². The normalized spacial score (nSPS) is 50.3. The molecule has 222 valence electrons. The first-order valence-electron chi connectivity index (χ1n) is 16.0. The fourth-order valence-electron chi connectivity index (χ4n) is 12.3. The predicted molar refractivity (Wildman–Crippen MR) is 155 cm³/mol. The van der Waals surface area contributed by atoms with Gasteiger partial charge in [-0.05, 0) is 97.5 Å². The summed E-state index contributed by atoms with van der Waals surface area (Å²) in [7, 11) is 0. The molecule has 2 bridgehead atoms. The average Bonchev–Trinajstić information content (AvgIpc) is 3.09. The Hall–Kier alpha value is -2.11. The van der Waals surface area contributed by atoms with E-state index < -0.39 is 28.0 Å². The highest BCUT2D eigenvalue weighted by Crippen LogP contribution is 2.81. The van der Waals surface area contributed by atoms with E-state index in [9.17, 15) is 9.59 Å². The number of rotatable bonds is 1. The van der Waals surface area contributed by atoms with E-state index in [4.69, 9.17) is 4.74 Å². The Bertz CT molecular complexity index is 1360. The SMILES string of the molecule is CC1(C)CC[C@@]23CC[C@]4(C)[C@](OC2=O)([C@H](F)C[C@@H]2[C@@]5(C)C/C(=C\c6cnccn6)C(=O)C(C)(C)[C@@H]5CC[C@]24C)[C@@H]3C1. The van der Waals surface area contributed by atoms with Crippen molar-refractivity contribution in [3.8, 4) is 0 Å². The molecular weight excluding hydrogens is 515 g/mol. The van der Waals surface area contributed by atoms with Crippen LogP contribution < -0.4 is 0 Å². The number of allylic oxidation sites excluding steroid dienone is 1. The first-order valence-corrected chi connectivity index (χ1v) is 16.0. The van der Waals surface area contributed by atoms with E-state index >= 15 is 4.39 Å². The fraction of sp³-hybridized carbons (Fsp3) is 0.771. The summed E-state index contributed by atoms with van der Waals surface area (Å²) in [5.74, 6) is 0.220. The second-order valence-electron chi connectivity index (χ2n) is 16.9. The third-order valence-electron chi connectivity index (χ3n) is 14.5. The van der Waals surface area contributed by atoms with E-state index in [2.05, 4.69) is 58.4 Å². The van der Waals surface area contributed by atoms with Crippen molar-refractivity contribution in [3.63, 3.8) is 0 Å². The van der Waals surface area contributed by atoms with Crippen molar-refractivity contribution in [3.05, 3.63) is 29.9 Å². The molecule has 1 spiro atoms. The van der Waals surface area contributed by atoms with Crippen molar-refractivity contribution in [1.82, 2.24) is 9.97 Å². The first-order chi connectivity index (χ1) is 19.1. The van der Waals surface area contributed by atoms with Gasteiger partial charge in [-0.1, -0.05) is 48.5 Å². The molecule has 5 nitrogen and oxygen atoms in total. The Labute approximate surface area is 244 Å². The van der Waals surface area contributed by atoms with Crippen molar-refractivity contribution in [2.24, 2.45) is 50.2 Å². The molecule has 6 heteroatoms. The molecule has 5 saturated carbocycles. The van der Waals surface area contributed by atoms with Crippen LogP contribution in [-0.2, 0) is 14.3 Å². The number of hydrogen-bond donors (Lipinski definition) is 0. The van der Waals surface area contributed by atoms with Crippen molar-refractivity contribution in [1.29, 1.82) is 0 Å². The molecule has 0 amide bonds. The highest BCUT2D eigenvalue weighted by atomic mass is 19.1. The van der Waals surface area contributed by atoms with Crippen LogP contribution in [0.15, 0.2) is 24.2 Å². The zero-order valence-corrected chi connectivity index (χ0v) is 26.0.